The smallest absolute Gasteiger partial charge is 0.384 e. The summed E-state index contributed by atoms with van der Waals surface area (Å²) in [6.45, 7) is 0. The van der Waals surface area contributed by atoms with E-state index in [2.05, 4.69) is 0 Å². The molecule has 3 aromatic carbocycles. The number of phosphoric ester groups is 1. The maximum Gasteiger partial charge on any atom is 0.647 e. The van der Waals surface area contributed by atoms with Crippen molar-refractivity contribution in [1.82, 2.24) is 0 Å². The minimum Gasteiger partial charge on any atom is -0.384 e. The topological polar surface area (TPSA) is 99.1 Å². The number of para-hydroxylation sites is 2. The molecule has 0 aliphatic carbocycles. The molecule has 0 heterocycles. The molecule has 0 radical (unpaired) electrons. The molecule has 1 N–H and O–H groups in total. The van der Waals surface area contributed by atoms with E-state index < -0.39 is 22.8 Å². The first-order chi connectivity index (χ1) is 14.1. The third-order valence-electron chi connectivity index (χ3n) is 3.50. The van der Waals surface area contributed by atoms with Crippen molar-refractivity contribution in [3.05, 3.63) is 81.8 Å². The zero-order chi connectivity index (χ0) is 21.9. The standard InChI is InChI=1S/C18H12Cl3O7PS/c19-13-5-1-3-7-16(13)26-29(22,27-17-8-4-2-6-14(17)20)28-18-10-9-12(11-15(18)21)30(23,24)25/h1-11H,(H,23,24,25). The fraction of sp³-hybridized carbons (Fsp3) is 0. The van der Waals surface area contributed by atoms with Gasteiger partial charge in [-0.3, -0.25) is 4.55 Å². The van der Waals surface area contributed by atoms with Gasteiger partial charge in [-0.05, 0) is 42.5 Å². The van der Waals surface area contributed by atoms with Crippen LogP contribution in [0, 0.1) is 0 Å². The van der Waals surface area contributed by atoms with Crippen molar-refractivity contribution in [2.24, 2.45) is 0 Å². The van der Waals surface area contributed by atoms with Gasteiger partial charge in [0.2, 0.25) is 0 Å². The van der Waals surface area contributed by atoms with Crippen LogP contribution >= 0.6 is 42.6 Å². The number of hydrogen-bond acceptors (Lipinski definition) is 6. The van der Waals surface area contributed by atoms with Crippen LogP contribution in [-0.4, -0.2) is 13.0 Å². The molecule has 12 heteroatoms. The Balaban J connectivity index is 2.00. The van der Waals surface area contributed by atoms with Crippen LogP contribution in [0.2, 0.25) is 15.1 Å². The van der Waals surface area contributed by atoms with E-state index in [0.717, 1.165) is 18.2 Å². The summed E-state index contributed by atoms with van der Waals surface area (Å²) in [6, 6.07) is 15.4. The first kappa shape index (κ1) is 22.7. The summed E-state index contributed by atoms with van der Waals surface area (Å²) in [5.41, 5.74) is 0. The normalized spacial score (nSPS) is 11.7. The summed E-state index contributed by atoms with van der Waals surface area (Å²) in [7, 11) is -8.99. The fourth-order valence-corrected chi connectivity index (χ4v) is 4.78. The van der Waals surface area contributed by atoms with Crippen molar-refractivity contribution in [3.63, 3.8) is 0 Å². The first-order valence-corrected chi connectivity index (χ1v) is 12.1. The number of hydrogen-bond donors (Lipinski definition) is 1. The lowest BCUT2D eigenvalue weighted by Gasteiger charge is -2.21. The van der Waals surface area contributed by atoms with E-state index in [-0.39, 0.29) is 32.3 Å². The van der Waals surface area contributed by atoms with E-state index in [1.54, 1.807) is 24.3 Å². The van der Waals surface area contributed by atoms with Crippen LogP contribution in [-0.2, 0) is 14.7 Å². The SMILES string of the molecule is O=P(Oc1ccccc1Cl)(Oc1ccccc1Cl)Oc1ccc(S(=O)(=O)O)cc1Cl. The second-order valence-corrected chi connectivity index (χ2v) is 9.73. The second-order valence-electron chi connectivity index (χ2n) is 5.65. The van der Waals surface area contributed by atoms with E-state index in [0.29, 0.717) is 0 Å². The van der Waals surface area contributed by atoms with Gasteiger partial charge in [-0.25, -0.2) is 0 Å². The van der Waals surface area contributed by atoms with Gasteiger partial charge in [0.25, 0.3) is 10.1 Å². The summed E-state index contributed by atoms with van der Waals surface area (Å²) < 4.78 is 61.4. The molecule has 0 aliphatic heterocycles. The third-order valence-corrected chi connectivity index (χ3v) is 6.54. The zero-order valence-electron chi connectivity index (χ0n) is 14.7. The molecule has 0 aliphatic rings. The summed E-state index contributed by atoms with van der Waals surface area (Å²) >= 11 is 18.2. The number of benzene rings is 3. The first-order valence-electron chi connectivity index (χ1n) is 8.02. The van der Waals surface area contributed by atoms with Gasteiger partial charge in [0.05, 0.1) is 20.0 Å². The van der Waals surface area contributed by atoms with E-state index in [1.807, 2.05) is 0 Å². The van der Waals surface area contributed by atoms with Gasteiger partial charge >= 0.3 is 7.82 Å². The molecular weight excluding hydrogens is 498 g/mol. The molecule has 0 aromatic heterocycles. The van der Waals surface area contributed by atoms with Crippen LogP contribution in [0.3, 0.4) is 0 Å². The van der Waals surface area contributed by atoms with Crippen molar-refractivity contribution in [2.45, 2.75) is 4.90 Å². The number of phosphoric acid groups is 1. The fourth-order valence-electron chi connectivity index (χ4n) is 2.17. The molecule has 0 saturated heterocycles. The Labute approximate surface area is 187 Å². The Hall–Kier alpha value is -1.93. The molecule has 0 bridgehead atoms. The summed E-state index contributed by atoms with van der Waals surface area (Å²) in [6.07, 6.45) is 0. The molecule has 0 saturated carbocycles. The van der Waals surface area contributed by atoms with E-state index >= 15 is 0 Å². The van der Waals surface area contributed by atoms with Gasteiger partial charge < -0.3 is 13.6 Å². The van der Waals surface area contributed by atoms with Crippen molar-refractivity contribution in [1.29, 1.82) is 0 Å². The Morgan fingerprint density at radius 1 is 0.700 bits per heavy atom. The lowest BCUT2D eigenvalue weighted by molar-refractivity contribution is 0.298. The molecule has 0 fully saturated rings. The lowest BCUT2D eigenvalue weighted by atomic mass is 10.3. The molecule has 30 heavy (non-hydrogen) atoms. The lowest BCUT2D eigenvalue weighted by Crippen LogP contribution is -2.08. The highest BCUT2D eigenvalue weighted by Crippen LogP contribution is 2.53. The second kappa shape index (κ2) is 9.06. The highest BCUT2D eigenvalue weighted by Gasteiger charge is 2.35. The van der Waals surface area contributed by atoms with Crippen LogP contribution in [0.1, 0.15) is 0 Å². The van der Waals surface area contributed by atoms with Crippen molar-refractivity contribution < 1.29 is 31.1 Å². The molecule has 0 amide bonds. The minimum atomic E-state index is -4.50. The highest BCUT2D eigenvalue weighted by molar-refractivity contribution is 7.85. The third kappa shape index (κ3) is 5.60. The van der Waals surface area contributed by atoms with Gasteiger partial charge in [0.15, 0.2) is 17.2 Å². The Kier molecular flexibility index (Phi) is 6.87. The predicted octanol–water partition coefficient (Wildman–Crippen LogP) is 6.54. The quantitative estimate of drug-likeness (QED) is 0.285. The van der Waals surface area contributed by atoms with Gasteiger partial charge in [-0.2, -0.15) is 13.0 Å². The molecule has 158 valence electrons. The van der Waals surface area contributed by atoms with E-state index in [4.69, 9.17) is 52.9 Å². The van der Waals surface area contributed by atoms with E-state index in [9.17, 15) is 13.0 Å². The monoisotopic (exact) mass is 508 g/mol. The average molecular weight is 510 g/mol. The van der Waals surface area contributed by atoms with Crippen LogP contribution in [0.25, 0.3) is 0 Å². The zero-order valence-corrected chi connectivity index (χ0v) is 18.7. The highest BCUT2D eigenvalue weighted by atomic mass is 35.5. The van der Waals surface area contributed by atoms with Crippen LogP contribution in [0.15, 0.2) is 71.6 Å². The maximum atomic E-state index is 13.4. The van der Waals surface area contributed by atoms with Gasteiger partial charge in [0, 0.05) is 0 Å². The van der Waals surface area contributed by atoms with Crippen molar-refractivity contribution in [2.75, 3.05) is 0 Å². The summed E-state index contributed by atoms with van der Waals surface area (Å²) in [5, 5.41) is 0.00433. The molecule has 0 unspecified atom stereocenters. The van der Waals surface area contributed by atoms with Gasteiger partial charge in [-0.15, -0.1) is 0 Å². The molecule has 3 rings (SSSR count). The van der Waals surface area contributed by atoms with Crippen LogP contribution in [0.5, 0.6) is 17.2 Å². The molecule has 7 nitrogen and oxygen atoms in total. The Bertz CT molecular complexity index is 1180. The summed E-state index contributed by atoms with van der Waals surface area (Å²) in [4.78, 5) is -0.478. The Morgan fingerprint density at radius 3 is 1.53 bits per heavy atom. The van der Waals surface area contributed by atoms with Crippen LogP contribution in [0.4, 0.5) is 0 Å². The average Bonchev–Trinajstić information content (AvgIpc) is 2.66. The summed E-state index contributed by atoms with van der Waals surface area (Å²) in [5.74, 6) is -0.230. The van der Waals surface area contributed by atoms with Crippen molar-refractivity contribution >= 4 is 52.7 Å². The molecule has 0 spiro atoms. The molecule has 3 aromatic rings. The molecule has 0 atom stereocenters. The van der Waals surface area contributed by atoms with E-state index in [1.165, 1.54) is 24.3 Å². The van der Waals surface area contributed by atoms with Gasteiger partial charge in [-0.1, -0.05) is 59.1 Å². The van der Waals surface area contributed by atoms with Crippen LogP contribution < -0.4 is 13.6 Å². The Morgan fingerprint density at radius 2 is 1.13 bits per heavy atom. The largest absolute Gasteiger partial charge is 0.647 e. The maximum absolute atomic E-state index is 13.4. The molecular formula is C18H12Cl3O7PS. The van der Waals surface area contributed by atoms with Gasteiger partial charge in [0.1, 0.15) is 0 Å². The minimum absolute atomic E-state index is 0.000215. The number of halogens is 3. The number of rotatable bonds is 7. The van der Waals surface area contributed by atoms with Crippen molar-refractivity contribution in [3.8, 4) is 17.2 Å². The predicted molar refractivity (Wildman–Crippen MR) is 114 cm³/mol.